The molecule has 3 amide bonds. The van der Waals surface area contributed by atoms with Crippen LogP contribution in [0.3, 0.4) is 0 Å². The summed E-state index contributed by atoms with van der Waals surface area (Å²) in [4.78, 5) is 27.2. The molecule has 2 heterocycles. The summed E-state index contributed by atoms with van der Waals surface area (Å²) >= 11 is 6.05. The minimum absolute atomic E-state index is 0.0940. The van der Waals surface area contributed by atoms with Gasteiger partial charge in [-0.1, -0.05) is 23.7 Å². The summed E-state index contributed by atoms with van der Waals surface area (Å²) in [6.07, 6.45) is 2.52. The third-order valence-corrected chi connectivity index (χ3v) is 5.42. The highest BCUT2D eigenvalue weighted by Gasteiger charge is 2.34. The van der Waals surface area contributed by atoms with Crippen molar-refractivity contribution < 1.29 is 14.3 Å². The van der Waals surface area contributed by atoms with E-state index >= 15 is 0 Å². The molecule has 0 fully saturated rings. The minimum Gasteiger partial charge on any atom is -0.383 e. The van der Waals surface area contributed by atoms with Crippen molar-refractivity contribution in [2.24, 2.45) is 12.1 Å². The highest BCUT2D eigenvalue weighted by atomic mass is 35.5. The second-order valence-electron chi connectivity index (χ2n) is 7.31. The van der Waals surface area contributed by atoms with Gasteiger partial charge in [0.15, 0.2) is 0 Å². The molecular formula is C22H28ClN5O3. The lowest BCUT2D eigenvalue weighted by Gasteiger charge is -2.27. The van der Waals surface area contributed by atoms with Crippen LogP contribution in [-0.4, -0.2) is 65.5 Å². The first kappa shape index (κ1) is 22.8. The Morgan fingerprint density at radius 3 is 2.65 bits per heavy atom. The number of hydrazone groups is 1. The number of hydrogen-bond donors (Lipinski definition) is 1. The van der Waals surface area contributed by atoms with Crippen LogP contribution >= 0.6 is 11.6 Å². The van der Waals surface area contributed by atoms with E-state index in [4.69, 9.17) is 16.3 Å². The molecule has 1 N–H and O–H groups in total. The number of carbonyl (C=O) groups is 2. The molecular weight excluding hydrogens is 418 g/mol. The van der Waals surface area contributed by atoms with E-state index in [1.807, 2.05) is 49.0 Å². The summed E-state index contributed by atoms with van der Waals surface area (Å²) in [5, 5.41) is 9.53. The molecule has 0 radical (unpaired) electrons. The summed E-state index contributed by atoms with van der Waals surface area (Å²) in [6, 6.07) is 10.8. The summed E-state index contributed by atoms with van der Waals surface area (Å²) in [6.45, 7) is 2.86. The van der Waals surface area contributed by atoms with E-state index in [2.05, 4.69) is 10.4 Å². The number of halogens is 1. The Bertz CT molecular complexity index is 941. The maximum atomic E-state index is 13.3. The maximum absolute atomic E-state index is 13.3. The third kappa shape index (κ3) is 5.45. The molecule has 0 bridgehead atoms. The molecule has 0 unspecified atom stereocenters. The largest absolute Gasteiger partial charge is 0.383 e. The Labute approximate surface area is 187 Å². The van der Waals surface area contributed by atoms with Crippen LogP contribution in [-0.2, 0) is 16.6 Å². The van der Waals surface area contributed by atoms with Crippen molar-refractivity contribution in [3.63, 3.8) is 0 Å². The summed E-state index contributed by atoms with van der Waals surface area (Å²) < 4.78 is 7.08. The first-order valence-corrected chi connectivity index (χ1v) is 10.6. The Hall–Kier alpha value is -2.84. The number of ether oxygens (including phenoxy) is 1. The van der Waals surface area contributed by atoms with Gasteiger partial charge in [0.2, 0.25) is 0 Å². The molecule has 9 heteroatoms. The van der Waals surface area contributed by atoms with Crippen LogP contribution in [0, 0.1) is 0 Å². The monoisotopic (exact) mass is 445 g/mol. The standard InChI is InChI=1S/C22H28ClN5O3/c1-4-24-22(30)27(12-13-31-3)15-21(29)28-20(16-7-9-17(23)10-8-16)14-18(25-28)19-6-5-11-26(19)2/h5-11,20H,4,12-15H2,1-3H3,(H,24,30)/t20-/m1/s1. The van der Waals surface area contributed by atoms with Gasteiger partial charge >= 0.3 is 6.03 Å². The van der Waals surface area contributed by atoms with Crippen molar-refractivity contribution in [2.75, 3.05) is 33.4 Å². The van der Waals surface area contributed by atoms with E-state index in [0.717, 1.165) is 17.0 Å². The molecule has 31 heavy (non-hydrogen) atoms. The third-order valence-electron chi connectivity index (χ3n) is 5.17. The number of nitrogens with zero attached hydrogens (tertiary/aromatic N) is 4. The van der Waals surface area contributed by atoms with Crippen molar-refractivity contribution in [3.05, 3.63) is 58.9 Å². The smallest absolute Gasteiger partial charge is 0.317 e. The lowest BCUT2D eigenvalue weighted by molar-refractivity contribution is -0.133. The summed E-state index contributed by atoms with van der Waals surface area (Å²) in [5.74, 6) is -0.258. The van der Waals surface area contributed by atoms with Crippen LogP contribution in [0.25, 0.3) is 0 Å². The summed E-state index contributed by atoms with van der Waals surface area (Å²) in [5.41, 5.74) is 2.71. The molecule has 1 aromatic heterocycles. The highest BCUT2D eigenvalue weighted by molar-refractivity contribution is 6.30. The topological polar surface area (TPSA) is 79.2 Å². The van der Waals surface area contributed by atoms with Crippen LogP contribution in [0.1, 0.15) is 30.6 Å². The number of nitrogens with one attached hydrogen (secondary N) is 1. The van der Waals surface area contributed by atoms with Crippen LogP contribution in [0.4, 0.5) is 4.79 Å². The Balaban J connectivity index is 1.87. The van der Waals surface area contributed by atoms with Gasteiger partial charge in [-0.05, 0) is 36.8 Å². The maximum Gasteiger partial charge on any atom is 0.317 e. The van der Waals surface area contributed by atoms with E-state index in [9.17, 15) is 9.59 Å². The highest BCUT2D eigenvalue weighted by Crippen LogP contribution is 2.33. The first-order valence-electron chi connectivity index (χ1n) is 10.2. The van der Waals surface area contributed by atoms with Crippen LogP contribution in [0.5, 0.6) is 0 Å². The van der Waals surface area contributed by atoms with Gasteiger partial charge in [-0.2, -0.15) is 5.10 Å². The number of amides is 3. The van der Waals surface area contributed by atoms with Gasteiger partial charge in [0.25, 0.3) is 5.91 Å². The van der Waals surface area contributed by atoms with Gasteiger partial charge in [0.1, 0.15) is 6.54 Å². The molecule has 0 spiro atoms. The minimum atomic E-state index is -0.304. The van der Waals surface area contributed by atoms with Crippen molar-refractivity contribution >= 4 is 29.3 Å². The number of rotatable bonds is 8. The predicted octanol–water partition coefficient (Wildman–Crippen LogP) is 3.03. The SMILES string of the molecule is CCNC(=O)N(CCOC)CC(=O)N1N=C(c2cccn2C)C[C@@H]1c1ccc(Cl)cc1. The number of hydrogen-bond acceptors (Lipinski definition) is 4. The number of aromatic nitrogens is 1. The first-order chi connectivity index (χ1) is 14.9. The fourth-order valence-electron chi connectivity index (χ4n) is 3.55. The van der Waals surface area contributed by atoms with Gasteiger partial charge in [-0.15, -0.1) is 0 Å². The van der Waals surface area contributed by atoms with E-state index in [-0.39, 0.29) is 24.5 Å². The lowest BCUT2D eigenvalue weighted by Crippen LogP contribution is -2.47. The Kier molecular flexibility index (Phi) is 7.70. The lowest BCUT2D eigenvalue weighted by atomic mass is 10.0. The van der Waals surface area contributed by atoms with Crippen LogP contribution in [0.2, 0.25) is 5.02 Å². The predicted molar refractivity (Wildman–Crippen MR) is 120 cm³/mol. The van der Waals surface area contributed by atoms with Crippen molar-refractivity contribution in [3.8, 4) is 0 Å². The van der Waals surface area contributed by atoms with Gasteiger partial charge in [0, 0.05) is 44.9 Å². The molecule has 1 atom stereocenters. The van der Waals surface area contributed by atoms with Crippen molar-refractivity contribution in [1.29, 1.82) is 0 Å². The van der Waals surface area contributed by atoms with E-state index < -0.39 is 0 Å². The number of benzene rings is 1. The molecule has 166 valence electrons. The van der Waals surface area contributed by atoms with E-state index in [1.54, 1.807) is 19.2 Å². The average molecular weight is 446 g/mol. The zero-order chi connectivity index (χ0) is 22.4. The Morgan fingerprint density at radius 2 is 2.03 bits per heavy atom. The zero-order valence-corrected chi connectivity index (χ0v) is 18.8. The molecule has 0 aliphatic carbocycles. The van der Waals surface area contributed by atoms with Gasteiger partial charge < -0.3 is 19.5 Å². The zero-order valence-electron chi connectivity index (χ0n) is 18.0. The molecule has 3 rings (SSSR count). The van der Waals surface area contributed by atoms with Gasteiger partial charge in [-0.3, -0.25) is 4.79 Å². The van der Waals surface area contributed by atoms with E-state index in [1.165, 1.54) is 9.91 Å². The van der Waals surface area contributed by atoms with Gasteiger partial charge in [0.05, 0.1) is 24.1 Å². The molecule has 2 aromatic rings. The summed E-state index contributed by atoms with van der Waals surface area (Å²) in [7, 11) is 3.51. The molecule has 1 aromatic carbocycles. The van der Waals surface area contributed by atoms with E-state index in [0.29, 0.717) is 31.1 Å². The number of urea groups is 1. The number of carbonyl (C=O) groups excluding carboxylic acids is 2. The molecule has 8 nitrogen and oxygen atoms in total. The van der Waals surface area contributed by atoms with Crippen LogP contribution < -0.4 is 5.32 Å². The quantitative estimate of drug-likeness (QED) is 0.678. The van der Waals surface area contributed by atoms with Crippen molar-refractivity contribution in [1.82, 2.24) is 19.8 Å². The molecule has 0 saturated carbocycles. The second-order valence-corrected chi connectivity index (χ2v) is 7.75. The molecule has 1 aliphatic rings. The number of aryl methyl sites for hydroxylation is 1. The normalized spacial score (nSPS) is 15.7. The average Bonchev–Trinajstić information content (AvgIpc) is 3.38. The molecule has 0 saturated heterocycles. The van der Waals surface area contributed by atoms with Crippen molar-refractivity contribution in [2.45, 2.75) is 19.4 Å². The fraction of sp³-hybridized carbons (Fsp3) is 0.409. The van der Waals surface area contributed by atoms with Gasteiger partial charge in [-0.25, -0.2) is 9.80 Å². The second kappa shape index (κ2) is 10.5. The molecule has 1 aliphatic heterocycles. The van der Waals surface area contributed by atoms with Crippen LogP contribution in [0.15, 0.2) is 47.7 Å². The number of methoxy groups -OCH3 is 1. The Morgan fingerprint density at radius 1 is 1.29 bits per heavy atom. The fourth-order valence-corrected chi connectivity index (χ4v) is 3.68.